The Kier molecular flexibility index (Phi) is 3.14. The Labute approximate surface area is 133 Å². The smallest absolute Gasteiger partial charge is 0.150 e. The molecule has 5 nitrogen and oxygen atoms in total. The molecule has 4 rings (SSSR count). The van der Waals surface area contributed by atoms with Crippen LogP contribution in [0.5, 0.6) is 0 Å². The molecule has 22 heavy (non-hydrogen) atoms. The van der Waals surface area contributed by atoms with E-state index >= 15 is 0 Å². The summed E-state index contributed by atoms with van der Waals surface area (Å²) < 4.78 is 3.45. The largest absolute Gasteiger partial charge is 0.349 e. The van der Waals surface area contributed by atoms with Crippen molar-refractivity contribution in [3.63, 3.8) is 0 Å². The van der Waals surface area contributed by atoms with Gasteiger partial charge in [0.25, 0.3) is 0 Å². The van der Waals surface area contributed by atoms with Gasteiger partial charge in [-0.05, 0) is 11.4 Å². The zero-order chi connectivity index (χ0) is 15.3. The fourth-order valence-corrected chi connectivity index (χ4v) is 4.11. The third kappa shape index (κ3) is 2.01. The van der Waals surface area contributed by atoms with Crippen LogP contribution in [-0.4, -0.2) is 26.1 Å². The Morgan fingerprint density at radius 3 is 2.95 bits per heavy atom. The Bertz CT molecular complexity index is 832. The van der Waals surface area contributed by atoms with Crippen LogP contribution in [0.25, 0.3) is 10.2 Å². The molecule has 0 unspecified atom stereocenters. The molecule has 0 saturated heterocycles. The van der Waals surface area contributed by atoms with Crippen LogP contribution in [0.2, 0.25) is 0 Å². The summed E-state index contributed by atoms with van der Waals surface area (Å²) in [4.78, 5) is 16.1. The molecule has 0 N–H and O–H groups in total. The van der Waals surface area contributed by atoms with E-state index in [0.717, 1.165) is 30.8 Å². The van der Waals surface area contributed by atoms with Crippen molar-refractivity contribution >= 4 is 27.4 Å². The predicted octanol–water partition coefficient (Wildman–Crippen LogP) is 3.11. The third-order valence-corrected chi connectivity index (χ3v) is 5.23. The molecule has 6 heteroatoms. The molecule has 1 aliphatic rings. The van der Waals surface area contributed by atoms with E-state index in [-0.39, 0.29) is 0 Å². The third-order valence-electron chi connectivity index (χ3n) is 4.33. The molecule has 3 aromatic heterocycles. The van der Waals surface area contributed by atoms with E-state index in [4.69, 9.17) is 4.98 Å². The second-order valence-electron chi connectivity index (χ2n) is 6.08. The van der Waals surface area contributed by atoms with Crippen LogP contribution in [0.15, 0.2) is 17.8 Å². The zero-order valence-electron chi connectivity index (χ0n) is 13.1. The highest BCUT2D eigenvalue weighted by atomic mass is 32.1. The number of aromatic nitrogens is 4. The predicted molar refractivity (Wildman–Crippen MR) is 89.5 cm³/mol. The number of anilines is 1. The van der Waals surface area contributed by atoms with Crippen LogP contribution in [0.1, 0.15) is 37.0 Å². The average molecular weight is 313 g/mol. The summed E-state index contributed by atoms with van der Waals surface area (Å²) in [5.41, 5.74) is 3.60. The van der Waals surface area contributed by atoms with Gasteiger partial charge < -0.3 is 9.47 Å². The van der Waals surface area contributed by atoms with Gasteiger partial charge in [0, 0.05) is 31.6 Å². The fourth-order valence-electron chi connectivity index (χ4n) is 3.25. The van der Waals surface area contributed by atoms with E-state index in [2.05, 4.69) is 51.8 Å². The van der Waals surface area contributed by atoms with E-state index in [9.17, 15) is 0 Å². The molecular weight excluding hydrogens is 294 g/mol. The minimum Gasteiger partial charge on any atom is -0.349 e. The highest BCUT2D eigenvalue weighted by Crippen LogP contribution is 2.31. The summed E-state index contributed by atoms with van der Waals surface area (Å²) in [6.45, 7) is 6.21. The molecule has 0 bridgehead atoms. The molecule has 0 aliphatic carbocycles. The minimum absolute atomic E-state index is 0.451. The van der Waals surface area contributed by atoms with Crippen LogP contribution in [0.4, 0.5) is 5.82 Å². The Morgan fingerprint density at radius 1 is 1.27 bits per heavy atom. The monoisotopic (exact) mass is 313 g/mol. The summed E-state index contributed by atoms with van der Waals surface area (Å²) in [5.74, 6) is 2.67. The number of imidazole rings is 1. The van der Waals surface area contributed by atoms with E-state index in [1.807, 2.05) is 0 Å². The van der Waals surface area contributed by atoms with E-state index < -0.39 is 0 Å². The van der Waals surface area contributed by atoms with Gasteiger partial charge in [0.05, 0.1) is 22.5 Å². The molecular formula is C16H19N5S. The SMILES string of the molecule is CC(C)c1nc2c(n1C)CCN(c1ncnc3ccsc13)C2. The number of nitrogens with zero attached hydrogens (tertiary/aromatic N) is 5. The maximum atomic E-state index is 4.87. The average Bonchev–Trinajstić information content (AvgIpc) is 3.11. The van der Waals surface area contributed by atoms with Gasteiger partial charge >= 0.3 is 0 Å². The molecule has 0 radical (unpaired) electrons. The maximum absolute atomic E-state index is 4.87. The van der Waals surface area contributed by atoms with Crippen molar-refractivity contribution in [3.8, 4) is 0 Å². The molecule has 0 spiro atoms. The first-order valence-corrected chi connectivity index (χ1v) is 8.50. The van der Waals surface area contributed by atoms with Gasteiger partial charge in [0.15, 0.2) is 0 Å². The van der Waals surface area contributed by atoms with Crippen molar-refractivity contribution in [3.05, 3.63) is 35.0 Å². The first kappa shape index (κ1) is 13.7. The maximum Gasteiger partial charge on any atom is 0.150 e. The van der Waals surface area contributed by atoms with E-state index in [1.54, 1.807) is 17.7 Å². The highest BCUT2D eigenvalue weighted by Gasteiger charge is 2.25. The van der Waals surface area contributed by atoms with Crippen LogP contribution >= 0.6 is 11.3 Å². The fraction of sp³-hybridized carbons (Fsp3) is 0.438. The molecule has 1 aliphatic heterocycles. The molecule has 0 amide bonds. The molecule has 0 fully saturated rings. The van der Waals surface area contributed by atoms with E-state index in [0.29, 0.717) is 5.92 Å². The summed E-state index contributed by atoms with van der Waals surface area (Å²) >= 11 is 1.71. The summed E-state index contributed by atoms with van der Waals surface area (Å²) in [7, 11) is 2.14. The van der Waals surface area contributed by atoms with Crippen molar-refractivity contribution in [2.45, 2.75) is 32.7 Å². The van der Waals surface area contributed by atoms with Gasteiger partial charge in [0.2, 0.25) is 0 Å². The van der Waals surface area contributed by atoms with Gasteiger partial charge in [-0.15, -0.1) is 11.3 Å². The number of fused-ring (bicyclic) bond motifs is 2. The Hall–Kier alpha value is -1.95. The van der Waals surface area contributed by atoms with Crippen molar-refractivity contribution in [1.82, 2.24) is 19.5 Å². The van der Waals surface area contributed by atoms with E-state index in [1.165, 1.54) is 21.9 Å². The van der Waals surface area contributed by atoms with Gasteiger partial charge in [-0.1, -0.05) is 13.8 Å². The summed E-state index contributed by atoms with van der Waals surface area (Å²) in [6.07, 6.45) is 2.68. The second-order valence-corrected chi connectivity index (χ2v) is 7.00. The molecule has 4 heterocycles. The molecule has 114 valence electrons. The standard InChI is InChI=1S/C16H19N5S/c1-10(2)15-19-12-8-21(6-4-13(12)20(15)3)16-14-11(5-7-22-14)17-9-18-16/h5,7,9-10H,4,6,8H2,1-3H3. The minimum atomic E-state index is 0.451. The number of rotatable bonds is 2. The van der Waals surface area contributed by atoms with Crippen LogP contribution in [0.3, 0.4) is 0 Å². The lowest BCUT2D eigenvalue weighted by Crippen LogP contribution is -2.31. The van der Waals surface area contributed by atoms with Gasteiger partial charge in [-0.25, -0.2) is 15.0 Å². The lowest BCUT2D eigenvalue weighted by molar-refractivity contribution is 0.660. The number of thiophene rings is 1. The summed E-state index contributed by atoms with van der Waals surface area (Å²) in [6, 6.07) is 2.05. The van der Waals surface area contributed by atoms with Crippen LogP contribution < -0.4 is 4.90 Å². The molecule has 0 saturated carbocycles. The highest BCUT2D eigenvalue weighted by molar-refractivity contribution is 7.17. The van der Waals surface area contributed by atoms with Crippen molar-refractivity contribution in [2.24, 2.45) is 7.05 Å². The topological polar surface area (TPSA) is 46.8 Å². The first-order chi connectivity index (χ1) is 10.6. The van der Waals surface area contributed by atoms with Crippen molar-refractivity contribution in [1.29, 1.82) is 0 Å². The van der Waals surface area contributed by atoms with Crippen LogP contribution in [-0.2, 0) is 20.0 Å². The molecule has 0 atom stereocenters. The van der Waals surface area contributed by atoms with Gasteiger partial charge in [-0.3, -0.25) is 0 Å². The Morgan fingerprint density at radius 2 is 2.14 bits per heavy atom. The van der Waals surface area contributed by atoms with Crippen LogP contribution in [0, 0.1) is 0 Å². The second kappa shape index (κ2) is 5.05. The Balaban J connectivity index is 1.73. The van der Waals surface area contributed by atoms with Crippen molar-refractivity contribution < 1.29 is 0 Å². The normalized spacial score (nSPS) is 14.8. The quantitative estimate of drug-likeness (QED) is 0.729. The molecule has 3 aromatic rings. The van der Waals surface area contributed by atoms with Gasteiger partial charge in [-0.2, -0.15) is 0 Å². The van der Waals surface area contributed by atoms with Crippen molar-refractivity contribution in [2.75, 3.05) is 11.4 Å². The molecule has 0 aromatic carbocycles. The first-order valence-electron chi connectivity index (χ1n) is 7.62. The summed E-state index contributed by atoms with van der Waals surface area (Å²) in [5, 5.41) is 2.08. The zero-order valence-corrected chi connectivity index (χ0v) is 13.9. The number of hydrogen-bond donors (Lipinski definition) is 0. The lowest BCUT2D eigenvalue weighted by atomic mass is 10.1. The number of hydrogen-bond acceptors (Lipinski definition) is 5. The lowest BCUT2D eigenvalue weighted by Gasteiger charge is -2.27. The van der Waals surface area contributed by atoms with Gasteiger partial charge in [0.1, 0.15) is 18.0 Å².